The maximum absolute atomic E-state index is 13.8. The minimum Gasteiger partial charge on any atom is -0.376 e. The van der Waals surface area contributed by atoms with E-state index in [0.29, 0.717) is 19.4 Å². The van der Waals surface area contributed by atoms with Gasteiger partial charge in [0.1, 0.15) is 6.04 Å². The van der Waals surface area contributed by atoms with Crippen LogP contribution in [-0.2, 0) is 36.8 Å². The highest BCUT2D eigenvalue weighted by atomic mass is 16.5. The van der Waals surface area contributed by atoms with E-state index in [9.17, 15) is 19.2 Å². The van der Waals surface area contributed by atoms with Crippen LogP contribution in [0, 0.1) is 17.3 Å². The molecule has 1 heterocycles. The van der Waals surface area contributed by atoms with Gasteiger partial charge in [0.25, 0.3) is 0 Å². The van der Waals surface area contributed by atoms with Gasteiger partial charge in [-0.25, -0.2) is 0 Å². The summed E-state index contributed by atoms with van der Waals surface area (Å²) in [6.45, 7) is 6.52. The smallest absolute Gasteiger partial charge is 0.243 e. The molecule has 9 heteroatoms. The minimum atomic E-state index is -0.973. The Labute approximate surface area is 248 Å². The second-order valence-corrected chi connectivity index (χ2v) is 12.7. The summed E-state index contributed by atoms with van der Waals surface area (Å²) < 4.78 is 5.62. The molecule has 0 spiro atoms. The summed E-state index contributed by atoms with van der Waals surface area (Å²) in [6.07, 6.45) is 2.67. The second-order valence-electron chi connectivity index (χ2n) is 12.7. The van der Waals surface area contributed by atoms with Crippen LogP contribution >= 0.6 is 0 Å². The molecular weight excluding hydrogens is 532 g/mol. The Balaban J connectivity index is 1.52. The number of nitrogens with one attached hydrogen (secondary N) is 3. The van der Waals surface area contributed by atoms with Crippen molar-refractivity contribution in [2.75, 3.05) is 13.2 Å². The Bertz CT molecular complexity index is 1260. The molecule has 226 valence electrons. The lowest BCUT2D eigenvalue weighted by atomic mass is 9.83. The lowest BCUT2D eigenvalue weighted by Crippen LogP contribution is -2.58. The fourth-order valence-electron chi connectivity index (χ4n) is 5.62. The summed E-state index contributed by atoms with van der Waals surface area (Å²) in [5, 5.41) is 8.97. The molecule has 1 saturated heterocycles. The fourth-order valence-corrected chi connectivity index (χ4v) is 5.62. The van der Waals surface area contributed by atoms with Crippen molar-refractivity contribution in [1.29, 1.82) is 0 Å². The molecule has 2 aromatic rings. The molecule has 4 amide bonds. The number of carbonyl (C=O) groups excluding carboxylic acids is 4. The van der Waals surface area contributed by atoms with Gasteiger partial charge in [-0.05, 0) is 54.2 Å². The molecule has 9 nitrogen and oxygen atoms in total. The fraction of sp³-hybridized carbons (Fsp3) is 0.515. The highest BCUT2D eigenvalue weighted by Gasteiger charge is 2.46. The number of hydrogen-bond donors (Lipinski definition) is 4. The number of primary amides is 1. The van der Waals surface area contributed by atoms with Gasteiger partial charge in [0.05, 0.1) is 30.6 Å². The van der Waals surface area contributed by atoms with Crippen LogP contribution in [0.2, 0.25) is 0 Å². The molecule has 42 heavy (non-hydrogen) atoms. The van der Waals surface area contributed by atoms with Crippen LogP contribution in [-0.4, -0.2) is 48.9 Å². The highest BCUT2D eigenvalue weighted by Crippen LogP contribution is 2.31. The SMILES string of the molecule is CC(C)(C)CNC(=O)C[C@H](C(=O)N[C@@H](CCc1ccccc1)C(=O)N[C@@H]1CCCc2ccccc21)C1OCC1C(N)=O. The third-order valence-electron chi connectivity index (χ3n) is 8.07. The molecule has 0 radical (unpaired) electrons. The molecule has 1 aliphatic heterocycles. The first-order chi connectivity index (χ1) is 20.0. The van der Waals surface area contributed by atoms with Gasteiger partial charge in [-0.3, -0.25) is 19.2 Å². The Hall–Kier alpha value is -3.72. The van der Waals surface area contributed by atoms with Gasteiger partial charge in [0.2, 0.25) is 23.6 Å². The average molecular weight is 577 g/mol. The van der Waals surface area contributed by atoms with Gasteiger partial charge < -0.3 is 26.4 Å². The summed E-state index contributed by atoms with van der Waals surface area (Å²) >= 11 is 0. The maximum Gasteiger partial charge on any atom is 0.243 e. The number of amides is 4. The summed E-state index contributed by atoms with van der Waals surface area (Å²) in [5.74, 6) is -3.33. The number of fused-ring (bicyclic) bond motifs is 1. The van der Waals surface area contributed by atoms with Crippen molar-refractivity contribution in [3.63, 3.8) is 0 Å². The molecule has 2 aromatic carbocycles. The van der Waals surface area contributed by atoms with E-state index in [2.05, 4.69) is 22.0 Å². The molecule has 2 unspecified atom stereocenters. The normalized spacial score (nSPS) is 21.2. The average Bonchev–Trinajstić information content (AvgIpc) is 2.93. The molecule has 0 aromatic heterocycles. The van der Waals surface area contributed by atoms with Crippen molar-refractivity contribution in [3.8, 4) is 0 Å². The summed E-state index contributed by atoms with van der Waals surface area (Å²) in [4.78, 5) is 52.5. The van der Waals surface area contributed by atoms with Crippen molar-refractivity contribution >= 4 is 23.6 Å². The molecule has 0 bridgehead atoms. The van der Waals surface area contributed by atoms with E-state index in [4.69, 9.17) is 10.5 Å². The van der Waals surface area contributed by atoms with Gasteiger partial charge in [0.15, 0.2) is 0 Å². The zero-order chi connectivity index (χ0) is 30.3. The number of carbonyl (C=O) groups is 4. The predicted molar refractivity (Wildman–Crippen MR) is 160 cm³/mol. The molecule has 1 fully saturated rings. The Morgan fingerprint density at radius 2 is 1.71 bits per heavy atom. The van der Waals surface area contributed by atoms with Crippen molar-refractivity contribution in [3.05, 3.63) is 71.3 Å². The summed E-state index contributed by atoms with van der Waals surface area (Å²) in [5.41, 5.74) is 8.79. The van der Waals surface area contributed by atoms with Gasteiger partial charge in [-0.2, -0.15) is 0 Å². The first-order valence-corrected chi connectivity index (χ1v) is 14.9. The third-order valence-corrected chi connectivity index (χ3v) is 8.07. The standard InChI is InChI=1S/C33H44N4O5/c1-33(2,3)20-35-28(38)18-24(29-25(19-42-29)30(34)39)31(40)37-27(17-16-21-10-5-4-6-11-21)32(41)36-26-15-9-13-22-12-7-8-14-23(22)26/h4-8,10-12,14,24-27,29H,9,13,15-20H2,1-3H3,(H2,34,39)(H,35,38)(H,36,41)(H,37,40)/t24-,25?,26+,27-,29?/m0/s1. The molecule has 1 aliphatic carbocycles. The van der Waals surface area contributed by atoms with Crippen LogP contribution in [0.3, 0.4) is 0 Å². The van der Waals surface area contributed by atoms with E-state index >= 15 is 0 Å². The molecule has 2 aliphatic rings. The zero-order valence-corrected chi connectivity index (χ0v) is 24.9. The van der Waals surface area contributed by atoms with Crippen molar-refractivity contribution in [1.82, 2.24) is 16.0 Å². The van der Waals surface area contributed by atoms with E-state index in [1.165, 1.54) is 5.56 Å². The third kappa shape index (κ3) is 8.41. The molecule has 4 rings (SSSR count). The lowest BCUT2D eigenvalue weighted by Gasteiger charge is -2.39. The lowest BCUT2D eigenvalue weighted by molar-refractivity contribution is -0.172. The number of nitrogens with two attached hydrogens (primary N) is 1. The first kappa shape index (κ1) is 31.2. The number of rotatable bonds is 12. The van der Waals surface area contributed by atoms with Crippen LogP contribution < -0.4 is 21.7 Å². The zero-order valence-electron chi connectivity index (χ0n) is 24.9. The highest BCUT2D eigenvalue weighted by molar-refractivity contribution is 5.92. The minimum absolute atomic E-state index is 0.104. The van der Waals surface area contributed by atoms with Crippen molar-refractivity contribution < 1.29 is 23.9 Å². The molecule has 0 saturated carbocycles. The van der Waals surface area contributed by atoms with Gasteiger partial charge in [-0.1, -0.05) is 75.4 Å². The second kappa shape index (κ2) is 14.0. The van der Waals surface area contributed by atoms with Crippen molar-refractivity contribution in [2.24, 2.45) is 23.0 Å². The number of benzene rings is 2. The number of aryl methyl sites for hydroxylation is 2. The predicted octanol–water partition coefficient (Wildman–Crippen LogP) is 2.97. The molecular formula is C33H44N4O5. The van der Waals surface area contributed by atoms with Crippen LogP contribution in [0.5, 0.6) is 0 Å². The Morgan fingerprint density at radius 3 is 2.38 bits per heavy atom. The summed E-state index contributed by atoms with van der Waals surface area (Å²) in [6, 6.07) is 16.9. The van der Waals surface area contributed by atoms with Gasteiger partial charge >= 0.3 is 0 Å². The Kier molecular flexibility index (Phi) is 10.4. The molecule has 5 N–H and O–H groups in total. The number of hydrogen-bond acceptors (Lipinski definition) is 5. The van der Waals surface area contributed by atoms with E-state index in [1.54, 1.807) is 0 Å². The molecule has 5 atom stereocenters. The topological polar surface area (TPSA) is 140 Å². The van der Waals surface area contributed by atoms with Crippen molar-refractivity contribution in [2.45, 2.75) is 77.5 Å². The van der Waals surface area contributed by atoms with E-state index in [0.717, 1.165) is 30.4 Å². The van der Waals surface area contributed by atoms with Crippen LogP contribution in [0.1, 0.15) is 69.2 Å². The van der Waals surface area contributed by atoms with E-state index in [1.807, 2.05) is 69.3 Å². The quantitative estimate of drug-likeness (QED) is 0.308. The van der Waals surface area contributed by atoms with Gasteiger partial charge in [0, 0.05) is 13.0 Å². The maximum atomic E-state index is 13.8. The first-order valence-electron chi connectivity index (χ1n) is 14.9. The van der Waals surface area contributed by atoms with Crippen LogP contribution in [0.4, 0.5) is 0 Å². The van der Waals surface area contributed by atoms with Gasteiger partial charge in [-0.15, -0.1) is 0 Å². The van der Waals surface area contributed by atoms with E-state index in [-0.39, 0.29) is 36.3 Å². The van der Waals surface area contributed by atoms with E-state index < -0.39 is 35.8 Å². The Morgan fingerprint density at radius 1 is 1.00 bits per heavy atom. The van der Waals surface area contributed by atoms with Crippen LogP contribution in [0.15, 0.2) is 54.6 Å². The monoisotopic (exact) mass is 576 g/mol. The van der Waals surface area contributed by atoms with Crippen LogP contribution in [0.25, 0.3) is 0 Å². The largest absolute Gasteiger partial charge is 0.376 e. The summed E-state index contributed by atoms with van der Waals surface area (Å²) in [7, 11) is 0. The number of ether oxygens (including phenoxy) is 1.